The van der Waals surface area contributed by atoms with Crippen molar-refractivity contribution in [2.45, 2.75) is 33.6 Å². The maximum atomic E-state index is 5.72. The van der Waals surface area contributed by atoms with Crippen molar-refractivity contribution >= 4 is 0 Å². The summed E-state index contributed by atoms with van der Waals surface area (Å²) in [5.41, 5.74) is 1.25. The lowest BCUT2D eigenvalue weighted by Crippen LogP contribution is -2.27. The van der Waals surface area contributed by atoms with Gasteiger partial charge in [0, 0.05) is 0 Å². The van der Waals surface area contributed by atoms with Crippen molar-refractivity contribution in [2.24, 2.45) is 0 Å². The molecular formula is C17H30N2O. The molecule has 1 aromatic carbocycles. The molecule has 0 atom stereocenters. The van der Waals surface area contributed by atoms with Gasteiger partial charge in [0.15, 0.2) is 0 Å². The van der Waals surface area contributed by atoms with Gasteiger partial charge in [-0.15, -0.1) is 0 Å². The molecule has 114 valence electrons. The van der Waals surface area contributed by atoms with Crippen LogP contribution in [-0.2, 0) is 0 Å². The summed E-state index contributed by atoms with van der Waals surface area (Å²) in [6.07, 6.45) is 2.28. The third kappa shape index (κ3) is 7.51. The first kappa shape index (κ1) is 17.0. The predicted molar refractivity (Wildman–Crippen MR) is 86.6 cm³/mol. The quantitative estimate of drug-likeness (QED) is 0.630. The zero-order valence-electron chi connectivity index (χ0n) is 13.3. The number of aryl methyl sites for hydroxylation is 1. The Morgan fingerprint density at radius 2 is 1.85 bits per heavy atom. The SMILES string of the molecule is CCN(CC)CCCNCCCOc1cccc(C)c1. The van der Waals surface area contributed by atoms with Crippen LogP contribution < -0.4 is 10.1 Å². The van der Waals surface area contributed by atoms with Crippen LogP contribution in [0.2, 0.25) is 0 Å². The van der Waals surface area contributed by atoms with Crippen LogP contribution in [-0.4, -0.2) is 44.2 Å². The number of ether oxygens (including phenoxy) is 1. The van der Waals surface area contributed by atoms with E-state index in [2.05, 4.69) is 43.1 Å². The van der Waals surface area contributed by atoms with Gasteiger partial charge >= 0.3 is 0 Å². The van der Waals surface area contributed by atoms with Crippen molar-refractivity contribution in [1.82, 2.24) is 10.2 Å². The third-order valence-electron chi connectivity index (χ3n) is 3.48. The smallest absolute Gasteiger partial charge is 0.119 e. The van der Waals surface area contributed by atoms with E-state index in [1.165, 1.54) is 18.5 Å². The van der Waals surface area contributed by atoms with Crippen LogP contribution >= 0.6 is 0 Å². The Morgan fingerprint density at radius 1 is 1.10 bits per heavy atom. The van der Waals surface area contributed by atoms with Gasteiger partial charge in [-0.1, -0.05) is 26.0 Å². The van der Waals surface area contributed by atoms with Crippen molar-refractivity contribution in [3.05, 3.63) is 29.8 Å². The summed E-state index contributed by atoms with van der Waals surface area (Å²) >= 11 is 0. The van der Waals surface area contributed by atoms with E-state index in [-0.39, 0.29) is 0 Å². The van der Waals surface area contributed by atoms with Gasteiger partial charge in [-0.3, -0.25) is 0 Å². The van der Waals surface area contributed by atoms with Gasteiger partial charge < -0.3 is 15.0 Å². The first-order valence-electron chi connectivity index (χ1n) is 7.88. The molecule has 0 aliphatic heterocycles. The summed E-state index contributed by atoms with van der Waals surface area (Å²) in [5.74, 6) is 0.978. The van der Waals surface area contributed by atoms with E-state index in [1.807, 2.05) is 12.1 Å². The Morgan fingerprint density at radius 3 is 2.55 bits per heavy atom. The standard InChI is InChI=1S/C17H30N2O/c1-4-19(5-2)13-7-11-18-12-8-14-20-17-10-6-9-16(3)15-17/h6,9-10,15,18H,4-5,7-8,11-14H2,1-3H3. The average molecular weight is 278 g/mol. The maximum Gasteiger partial charge on any atom is 0.119 e. The van der Waals surface area contributed by atoms with Gasteiger partial charge in [0.2, 0.25) is 0 Å². The fraction of sp³-hybridized carbons (Fsp3) is 0.647. The molecule has 0 fully saturated rings. The second kappa shape index (κ2) is 10.7. The fourth-order valence-corrected chi connectivity index (χ4v) is 2.18. The Labute approximate surface area is 124 Å². The second-order valence-electron chi connectivity index (χ2n) is 5.15. The van der Waals surface area contributed by atoms with Crippen LogP contribution in [0.15, 0.2) is 24.3 Å². The molecule has 0 unspecified atom stereocenters. The highest BCUT2D eigenvalue weighted by atomic mass is 16.5. The molecule has 0 aromatic heterocycles. The Bertz CT molecular complexity index is 351. The monoisotopic (exact) mass is 278 g/mol. The number of hydrogen-bond acceptors (Lipinski definition) is 3. The highest BCUT2D eigenvalue weighted by Crippen LogP contribution is 2.12. The third-order valence-corrected chi connectivity index (χ3v) is 3.48. The summed E-state index contributed by atoms with van der Waals surface area (Å²) < 4.78 is 5.72. The first-order valence-corrected chi connectivity index (χ1v) is 7.88. The summed E-state index contributed by atoms with van der Waals surface area (Å²) in [6.45, 7) is 12.9. The van der Waals surface area contributed by atoms with E-state index >= 15 is 0 Å². The lowest BCUT2D eigenvalue weighted by Gasteiger charge is -2.17. The molecule has 3 nitrogen and oxygen atoms in total. The van der Waals surface area contributed by atoms with Crippen LogP contribution in [0, 0.1) is 6.92 Å². The summed E-state index contributed by atoms with van der Waals surface area (Å²) in [6, 6.07) is 8.22. The van der Waals surface area contributed by atoms with Crippen LogP contribution in [0.1, 0.15) is 32.3 Å². The van der Waals surface area contributed by atoms with Crippen LogP contribution in [0.3, 0.4) is 0 Å². The number of hydrogen-bond donors (Lipinski definition) is 1. The lowest BCUT2D eigenvalue weighted by molar-refractivity contribution is 0.293. The van der Waals surface area contributed by atoms with Gasteiger partial charge in [0.1, 0.15) is 5.75 Å². The summed E-state index contributed by atoms with van der Waals surface area (Å²) in [7, 11) is 0. The molecule has 0 aliphatic carbocycles. The molecule has 0 saturated carbocycles. The predicted octanol–water partition coefficient (Wildman–Crippen LogP) is 3.09. The molecule has 1 aromatic rings. The van der Waals surface area contributed by atoms with E-state index in [9.17, 15) is 0 Å². The molecule has 0 amide bonds. The normalized spacial score (nSPS) is 11.0. The van der Waals surface area contributed by atoms with Crippen molar-refractivity contribution in [3.63, 3.8) is 0 Å². The second-order valence-corrected chi connectivity index (χ2v) is 5.15. The molecular weight excluding hydrogens is 248 g/mol. The number of nitrogens with zero attached hydrogens (tertiary/aromatic N) is 1. The molecule has 1 N–H and O–H groups in total. The Balaban J connectivity index is 1.95. The van der Waals surface area contributed by atoms with Crippen molar-refractivity contribution in [3.8, 4) is 5.75 Å². The molecule has 20 heavy (non-hydrogen) atoms. The highest BCUT2D eigenvalue weighted by molar-refractivity contribution is 5.27. The first-order chi connectivity index (χ1) is 9.76. The minimum atomic E-state index is 0.784. The lowest BCUT2D eigenvalue weighted by atomic mass is 10.2. The minimum absolute atomic E-state index is 0.784. The van der Waals surface area contributed by atoms with Crippen molar-refractivity contribution in [2.75, 3.05) is 39.3 Å². The largest absolute Gasteiger partial charge is 0.494 e. The van der Waals surface area contributed by atoms with Crippen molar-refractivity contribution in [1.29, 1.82) is 0 Å². The van der Waals surface area contributed by atoms with Gasteiger partial charge in [0.05, 0.1) is 6.61 Å². The fourth-order valence-electron chi connectivity index (χ4n) is 2.18. The van der Waals surface area contributed by atoms with E-state index in [0.29, 0.717) is 0 Å². The molecule has 0 spiro atoms. The Hall–Kier alpha value is -1.06. The van der Waals surface area contributed by atoms with Crippen molar-refractivity contribution < 1.29 is 4.74 Å². The number of nitrogens with one attached hydrogen (secondary N) is 1. The molecule has 3 heteroatoms. The van der Waals surface area contributed by atoms with E-state index in [0.717, 1.165) is 45.0 Å². The van der Waals surface area contributed by atoms with E-state index in [1.54, 1.807) is 0 Å². The summed E-state index contributed by atoms with van der Waals surface area (Å²) in [4.78, 5) is 2.46. The molecule has 0 saturated heterocycles. The number of benzene rings is 1. The molecule has 0 radical (unpaired) electrons. The molecule has 0 aliphatic rings. The molecule has 1 rings (SSSR count). The zero-order valence-corrected chi connectivity index (χ0v) is 13.3. The van der Waals surface area contributed by atoms with Gasteiger partial charge in [0.25, 0.3) is 0 Å². The van der Waals surface area contributed by atoms with Crippen LogP contribution in [0.25, 0.3) is 0 Å². The minimum Gasteiger partial charge on any atom is -0.494 e. The van der Waals surface area contributed by atoms with Gasteiger partial charge in [-0.2, -0.15) is 0 Å². The number of rotatable bonds is 11. The molecule has 0 bridgehead atoms. The van der Waals surface area contributed by atoms with E-state index in [4.69, 9.17) is 4.74 Å². The van der Waals surface area contributed by atoms with Gasteiger partial charge in [-0.05, 0) is 70.2 Å². The Kier molecular flexibility index (Phi) is 9.09. The van der Waals surface area contributed by atoms with Crippen LogP contribution in [0.4, 0.5) is 0 Å². The maximum absolute atomic E-state index is 5.72. The zero-order chi connectivity index (χ0) is 14.6. The summed E-state index contributed by atoms with van der Waals surface area (Å²) in [5, 5.41) is 3.48. The topological polar surface area (TPSA) is 24.5 Å². The molecule has 0 heterocycles. The van der Waals surface area contributed by atoms with E-state index < -0.39 is 0 Å². The van der Waals surface area contributed by atoms with Crippen LogP contribution in [0.5, 0.6) is 5.75 Å². The highest BCUT2D eigenvalue weighted by Gasteiger charge is 1.98. The average Bonchev–Trinajstić information content (AvgIpc) is 2.46. The van der Waals surface area contributed by atoms with Gasteiger partial charge in [-0.25, -0.2) is 0 Å².